The van der Waals surface area contributed by atoms with Gasteiger partial charge in [-0.1, -0.05) is 58.8 Å². The van der Waals surface area contributed by atoms with Crippen LogP contribution in [0.2, 0.25) is 0 Å². The Bertz CT molecular complexity index is 465. The molecule has 2 rings (SSSR count). The molecule has 0 N–H and O–H groups in total. The van der Waals surface area contributed by atoms with E-state index in [0.29, 0.717) is 0 Å². The zero-order valence-electron chi connectivity index (χ0n) is 17.8. The average molecular weight is 376 g/mol. The van der Waals surface area contributed by atoms with Crippen LogP contribution >= 0.6 is 0 Å². The van der Waals surface area contributed by atoms with Crippen molar-refractivity contribution in [2.24, 2.45) is 17.3 Å². The summed E-state index contributed by atoms with van der Waals surface area (Å²) in [5.74, 6) is 0.997. The second-order valence-electron chi connectivity index (χ2n) is 9.20. The lowest BCUT2D eigenvalue weighted by molar-refractivity contribution is -0.158. The van der Waals surface area contributed by atoms with E-state index in [0.717, 1.165) is 57.3 Å². The molecule has 0 saturated heterocycles. The molecule has 0 aliphatic heterocycles. The molecule has 0 aromatic heterocycles. The Morgan fingerprint density at radius 1 is 0.963 bits per heavy atom. The van der Waals surface area contributed by atoms with Crippen LogP contribution in [-0.4, -0.2) is 12.1 Å². The Hall–Kier alpha value is -1.04. The Kier molecular flexibility index (Phi) is 9.66. The molecule has 0 amide bonds. The smallest absolute Gasteiger partial charge is 0.309 e. The maximum Gasteiger partial charge on any atom is 0.309 e. The number of unbranched alkanes of at least 4 members (excludes halogenated alkanes) is 4. The molecule has 0 radical (unpaired) electrons. The first-order chi connectivity index (χ1) is 13.1. The minimum absolute atomic E-state index is 0.0429. The molecule has 154 valence electrons. The highest BCUT2D eigenvalue weighted by atomic mass is 16.5. The van der Waals surface area contributed by atoms with Crippen molar-refractivity contribution in [3.8, 4) is 6.07 Å². The second kappa shape index (κ2) is 11.7. The van der Waals surface area contributed by atoms with E-state index in [2.05, 4.69) is 19.9 Å². The summed E-state index contributed by atoms with van der Waals surface area (Å²) in [6, 6.07) is 2.55. The van der Waals surface area contributed by atoms with E-state index in [1.807, 2.05) is 0 Å². The first kappa shape index (κ1) is 22.3. The van der Waals surface area contributed by atoms with Gasteiger partial charge in [-0.25, -0.2) is 0 Å². The number of rotatable bonds is 10. The van der Waals surface area contributed by atoms with Crippen LogP contribution in [0, 0.1) is 28.6 Å². The van der Waals surface area contributed by atoms with Crippen LogP contribution in [-0.2, 0) is 9.53 Å². The molecule has 27 heavy (non-hydrogen) atoms. The van der Waals surface area contributed by atoms with E-state index >= 15 is 0 Å². The van der Waals surface area contributed by atoms with Gasteiger partial charge in [0.2, 0.25) is 0 Å². The lowest BCUT2D eigenvalue weighted by Crippen LogP contribution is -2.33. The molecule has 0 atom stereocenters. The Morgan fingerprint density at radius 3 is 2.22 bits per heavy atom. The van der Waals surface area contributed by atoms with Crippen LogP contribution in [0.4, 0.5) is 0 Å². The highest BCUT2D eigenvalue weighted by Crippen LogP contribution is 2.41. The number of carbonyl (C=O) groups excluding carboxylic acids is 1. The first-order valence-electron chi connectivity index (χ1n) is 11.7. The first-order valence-corrected chi connectivity index (χ1v) is 11.7. The van der Waals surface area contributed by atoms with Gasteiger partial charge in [0, 0.05) is 0 Å². The van der Waals surface area contributed by atoms with E-state index in [1.54, 1.807) is 0 Å². The summed E-state index contributed by atoms with van der Waals surface area (Å²) < 4.78 is 5.86. The quantitative estimate of drug-likeness (QED) is 0.306. The van der Waals surface area contributed by atoms with E-state index in [4.69, 9.17) is 4.74 Å². The molecule has 2 fully saturated rings. The molecule has 2 saturated carbocycles. The minimum Gasteiger partial charge on any atom is -0.462 e. The lowest BCUT2D eigenvalue weighted by atomic mass is 9.71. The van der Waals surface area contributed by atoms with Gasteiger partial charge in [-0.05, 0) is 63.7 Å². The number of esters is 1. The molecular formula is C24H41NO2. The monoisotopic (exact) mass is 375 g/mol. The van der Waals surface area contributed by atoms with Crippen LogP contribution in [0.25, 0.3) is 0 Å². The van der Waals surface area contributed by atoms with Gasteiger partial charge in [-0.15, -0.1) is 0 Å². The third-order valence-electron chi connectivity index (χ3n) is 7.03. The van der Waals surface area contributed by atoms with Crippen LogP contribution < -0.4 is 0 Å². The largest absolute Gasteiger partial charge is 0.462 e. The van der Waals surface area contributed by atoms with Crippen molar-refractivity contribution >= 4 is 5.97 Å². The van der Waals surface area contributed by atoms with Gasteiger partial charge in [0.05, 0.1) is 17.4 Å². The molecule has 0 unspecified atom stereocenters. The molecule has 0 aromatic carbocycles. The SMILES string of the molecule is CCCCCCC[C@H]1CC[C@H](C(=O)O[C@H]2CC[C@@](C#N)(CCC)CC2)CC1. The van der Waals surface area contributed by atoms with Crippen molar-refractivity contribution in [3.63, 3.8) is 0 Å². The number of nitrogens with zero attached hydrogens (tertiary/aromatic N) is 1. The van der Waals surface area contributed by atoms with Gasteiger partial charge in [-0.3, -0.25) is 4.79 Å². The molecule has 2 aliphatic rings. The minimum atomic E-state index is -0.160. The molecule has 3 nitrogen and oxygen atoms in total. The summed E-state index contributed by atoms with van der Waals surface area (Å²) in [7, 11) is 0. The fraction of sp³-hybridized carbons (Fsp3) is 0.917. The Balaban J connectivity index is 1.63. The zero-order chi connectivity index (χ0) is 19.5. The second-order valence-corrected chi connectivity index (χ2v) is 9.20. The number of nitriles is 1. The van der Waals surface area contributed by atoms with E-state index in [9.17, 15) is 10.1 Å². The van der Waals surface area contributed by atoms with Crippen molar-refractivity contribution in [2.75, 3.05) is 0 Å². The third-order valence-corrected chi connectivity index (χ3v) is 7.03. The van der Waals surface area contributed by atoms with E-state index < -0.39 is 0 Å². The summed E-state index contributed by atoms with van der Waals surface area (Å²) in [6.45, 7) is 4.41. The highest BCUT2D eigenvalue weighted by Gasteiger charge is 2.37. The van der Waals surface area contributed by atoms with Crippen molar-refractivity contribution < 1.29 is 9.53 Å². The van der Waals surface area contributed by atoms with Gasteiger partial charge in [0.15, 0.2) is 0 Å². The Labute approximate surface area is 167 Å². The molecule has 2 aliphatic carbocycles. The van der Waals surface area contributed by atoms with Crippen molar-refractivity contribution in [1.82, 2.24) is 0 Å². The summed E-state index contributed by atoms with van der Waals surface area (Å²) in [5.41, 5.74) is -0.160. The maximum atomic E-state index is 12.6. The fourth-order valence-corrected chi connectivity index (χ4v) is 5.14. The van der Waals surface area contributed by atoms with Crippen molar-refractivity contribution in [2.45, 2.75) is 123 Å². The van der Waals surface area contributed by atoms with Crippen molar-refractivity contribution in [1.29, 1.82) is 5.26 Å². The number of ether oxygens (including phenoxy) is 1. The number of hydrogen-bond acceptors (Lipinski definition) is 3. The maximum absolute atomic E-state index is 12.6. The van der Waals surface area contributed by atoms with E-state index in [-0.39, 0.29) is 23.4 Å². The van der Waals surface area contributed by atoms with Gasteiger partial charge in [0.1, 0.15) is 6.10 Å². The van der Waals surface area contributed by atoms with Crippen LogP contribution in [0.3, 0.4) is 0 Å². The zero-order valence-corrected chi connectivity index (χ0v) is 17.8. The molecule has 3 heteroatoms. The third kappa shape index (κ3) is 7.13. The van der Waals surface area contributed by atoms with Gasteiger partial charge >= 0.3 is 5.97 Å². The molecule has 0 spiro atoms. The molecule has 0 aromatic rings. The number of hydrogen-bond donors (Lipinski definition) is 0. The summed E-state index contributed by atoms with van der Waals surface area (Å²) >= 11 is 0. The van der Waals surface area contributed by atoms with Crippen LogP contribution in [0.1, 0.15) is 117 Å². The molecule has 0 heterocycles. The average Bonchev–Trinajstić information content (AvgIpc) is 2.70. The van der Waals surface area contributed by atoms with Crippen LogP contribution in [0.15, 0.2) is 0 Å². The summed E-state index contributed by atoms with van der Waals surface area (Å²) in [4.78, 5) is 12.6. The fourth-order valence-electron chi connectivity index (χ4n) is 5.14. The van der Waals surface area contributed by atoms with Gasteiger partial charge < -0.3 is 4.74 Å². The summed E-state index contributed by atoms with van der Waals surface area (Å²) in [5, 5.41) is 9.52. The molecular weight excluding hydrogens is 334 g/mol. The lowest BCUT2D eigenvalue weighted by Gasteiger charge is -2.35. The van der Waals surface area contributed by atoms with Crippen molar-refractivity contribution in [3.05, 3.63) is 0 Å². The predicted molar refractivity (Wildman–Crippen MR) is 110 cm³/mol. The highest BCUT2D eigenvalue weighted by molar-refractivity contribution is 5.72. The van der Waals surface area contributed by atoms with E-state index in [1.165, 1.54) is 51.4 Å². The van der Waals surface area contributed by atoms with Gasteiger partial charge in [-0.2, -0.15) is 5.26 Å². The topological polar surface area (TPSA) is 50.1 Å². The standard InChI is InChI=1S/C24H41NO2/c1-3-5-6-7-8-9-20-10-12-21(13-11-20)23(26)27-22-14-17-24(19-25,16-4-2)18-15-22/h20-22H,3-18H2,1-2H3/t20-,21-,22-,24-. The summed E-state index contributed by atoms with van der Waals surface area (Å²) in [6.07, 6.45) is 18.2. The normalized spacial score (nSPS) is 31.2. The molecule has 0 bridgehead atoms. The van der Waals surface area contributed by atoms with Gasteiger partial charge in [0.25, 0.3) is 0 Å². The van der Waals surface area contributed by atoms with Crippen LogP contribution in [0.5, 0.6) is 0 Å². The predicted octanol–water partition coefficient (Wildman–Crippen LogP) is 6.95. The Morgan fingerprint density at radius 2 is 1.63 bits per heavy atom. The number of carbonyl (C=O) groups is 1.